The second kappa shape index (κ2) is 9.13. The number of hydrogen-bond acceptors (Lipinski definition) is 6. The number of carbonyl (C=O) groups is 1. The van der Waals surface area contributed by atoms with Gasteiger partial charge in [0.15, 0.2) is 0 Å². The molecular formula is C25H20N6OS. The van der Waals surface area contributed by atoms with Crippen LogP contribution in [0.2, 0.25) is 0 Å². The molecule has 162 valence electrons. The van der Waals surface area contributed by atoms with Gasteiger partial charge < -0.3 is 0 Å². The lowest BCUT2D eigenvalue weighted by Gasteiger charge is -2.01. The average molecular weight is 453 g/mol. The van der Waals surface area contributed by atoms with Crippen LogP contribution in [0, 0.1) is 6.92 Å². The van der Waals surface area contributed by atoms with Crippen molar-refractivity contribution in [1.82, 2.24) is 25.0 Å². The van der Waals surface area contributed by atoms with Crippen LogP contribution in [0.1, 0.15) is 26.5 Å². The van der Waals surface area contributed by atoms with Crippen LogP contribution in [0.25, 0.3) is 16.9 Å². The first-order chi connectivity index (χ1) is 16.2. The molecule has 7 nitrogen and oxygen atoms in total. The highest BCUT2D eigenvalue weighted by atomic mass is 32.1. The van der Waals surface area contributed by atoms with Crippen molar-refractivity contribution in [3.63, 3.8) is 0 Å². The Kier molecular flexibility index (Phi) is 5.73. The minimum Gasteiger partial charge on any atom is -0.296 e. The van der Waals surface area contributed by atoms with Crippen LogP contribution in [-0.4, -0.2) is 30.9 Å². The van der Waals surface area contributed by atoms with Crippen LogP contribution < -0.4 is 5.32 Å². The number of carbonyl (C=O) groups excluding carboxylic acids is 1. The molecular weight excluding hydrogens is 432 g/mol. The van der Waals surface area contributed by atoms with Crippen molar-refractivity contribution in [2.24, 2.45) is 0 Å². The molecule has 0 unspecified atom stereocenters. The molecule has 3 aromatic heterocycles. The highest BCUT2D eigenvalue weighted by Crippen LogP contribution is 2.25. The van der Waals surface area contributed by atoms with E-state index < -0.39 is 0 Å². The monoisotopic (exact) mass is 452 g/mol. The van der Waals surface area contributed by atoms with Gasteiger partial charge in [-0.05, 0) is 36.8 Å². The minimum absolute atomic E-state index is 0.297. The second-order valence-electron chi connectivity index (χ2n) is 7.53. The van der Waals surface area contributed by atoms with Crippen LogP contribution >= 0.6 is 11.3 Å². The maximum absolute atomic E-state index is 13.2. The van der Waals surface area contributed by atoms with E-state index in [1.807, 2.05) is 42.5 Å². The van der Waals surface area contributed by atoms with Gasteiger partial charge in [-0.1, -0.05) is 59.4 Å². The van der Waals surface area contributed by atoms with E-state index in [9.17, 15) is 4.79 Å². The summed E-state index contributed by atoms with van der Waals surface area (Å²) in [7, 11) is 0. The normalized spacial score (nSPS) is 10.8. The molecule has 0 spiro atoms. The zero-order valence-corrected chi connectivity index (χ0v) is 18.7. The maximum atomic E-state index is 13.2. The fourth-order valence-electron chi connectivity index (χ4n) is 3.39. The summed E-state index contributed by atoms with van der Waals surface area (Å²) in [6.07, 6.45) is 5.77. The van der Waals surface area contributed by atoms with E-state index in [1.165, 1.54) is 16.9 Å². The predicted octanol–water partition coefficient (Wildman–Crippen LogP) is 4.94. The third-order valence-electron chi connectivity index (χ3n) is 5.08. The molecule has 1 amide bonds. The van der Waals surface area contributed by atoms with Crippen LogP contribution in [0.15, 0.2) is 85.3 Å². The summed E-state index contributed by atoms with van der Waals surface area (Å²) in [4.78, 5) is 17.4. The maximum Gasteiger partial charge on any atom is 0.261 e. The Bertz CT molecular complexity index is 1380. The number of aromatic nitrogens is 5. The first kappa shape index (κ1) is 20.7. The number of pyridine rings is 1. The Labute approximate surface area is 194 Å². The van der Waals surface area contributed by atoms with Gasteiger partial charge in [0.2, 0.25) is 5.13 Å². The lowest BCUT2D eigenvalue weighted by atomic mass is 10.1. The number of aryl methyl sites for hydroxylation is 1. The molecule has 3 heterocycles. The van der Waals surface area contributed by atoms with Gasteiger partial charge in [-0.15, -0.1) is 10.2 Å². The number of hydrogen-bond donors (Lipinski definition) is 1. The lowest BCUT2D eigenvalue weighted by molar-refractivity contribution is 0.102. The summed E-state index contributed by atoms with van der Waals surface area (Å²) in [6.45, 7) is 2.06. The zero-order chi connectivity index (χ0) is 22.6. The van der Waals surface area contributed by atoms with E-state index in [2.05, 4.69) is 56.8 Å². The zero-order valence-electron chi connectivity index (χ0n) is 17.8. The van der Waals surface area contributed by atoms with Crippen LogP contribution in [-0.2, 0) is 6.42 Å². The number of rotatable bonds is 6. The predicted molar refractivity (Wildman–Crippen MR) is 129 cm³/mol. The van der Waals surface area contributed by atoms with Crippen LogP contribution in [0.5, 0.6) is 0 Å². The molecule has 5 aromatic rings. The molecule has 0 aliphatic carbocycles. The van der Waals surface area contributed by atoms with Gasteiger partial charge in [-0.3, -0.25) is 15.1 Å². The van der Waals surface area contributed by atoms with Gasteiger partial charge in [0, 0.05) is 30.6 Å². The van der Waals surface area contributed by atoms with Crippen LogP contribution in [0.4, 0.5) is 5.13 Å². The second-order valence-corrected chi connectivity index (χ2v) is 8.59. The molecule has 0 bridgehead atoms. The van der Waals surface area contributed by atoms with Gasteiger partial charge >= 0.3 is 0 Å². The number of nitrogens with zero attached hydrogens (tertiary/aromatic N) is 5. The Morgan fingerprint density at radius 2 is 1.82 bits per heavy atom. The molecule has 8 heteroatoms. The van der Waals surface area contributed by atoms with E-state index >= 15 is 0 Å². The van der Waals surface area contributed by atoms with Gasteiger partial charge in [0.05, 0.1) is 11.3 Å². The van der Waals surface area contributed by atoms with Crippen molar-refractivity contribution in [2.45, 2.75) is 13.3 Å². The fraction of sp³-hybridized carbons (Fsp3) is 0.0800. The molecule has 0 saturated carbocycles. The summed E-state index contributed by atoms with van der Waals surface area (Å²) in [5.41, 5.74) is 4.96. The largest absolute Gasteiger partial charge is 0.296 e. The fourth-order valence-corrected chi connectivity index (χ4v) is 4.16. The van der Waals surface area contributed by atoms with E-state index in [0.717, 1.165) is 21.8 Å². The number of amides is 1. The smallest absolute Gasteiger partial charge is 0.261 e. The Balaban J connectivity index is 1.41. The number of anilines is 1. The minimum atomic E-state index is -0.297. The molecule has 0 radical (unpaired) electrons. The van der Waals surface area contributed by atoms with Gasteiger partial charge in [0.25, 0.3) is 5.91 Å². The first-order valence-corrected chi connectivity index (χ1v) is 11.2. The Morgan fingerprint density at radius 3 is 2.58 bits per heavy atom. The molecule has 33 heavy (non-hydrogen) atoms. The Hall–Kier alpha value is -4.17. The van der Waals surface area contributed by atoms with Crippen molar-refractivity contribution in [3.05, 3.63) is 107 Å². The molecule has 1 N–H and O–H groups in total. The van der Waals surface area contributed by atoms with Crippen molar-refractivity contribution < 1.29 is 4.79 Å². The molecule has 0 fully saturated rings. The third-order valence-corrected chi connectivity index (χ3v) is 5.92. The highest BCUT2D eigenvalue weighted by molar-refractivity contribution is 7.15. The topological polar surface area (TPSA) is 85.6 Å². The standard InChI is InChI=1S/C25H20N6OS/c1-17-9-11-18(12-10-17)14-22-28-29-25(33-22)27-24(32)21-16-31(20-7-3-2-4-8-20)30-23(21)19-6-5-13-26-15-19/h2-13,15-16H,14H2,1H3,(H,27,29,32). The molecule has 0 atom stereocenters. The molecule has 0 saturated heterocycles. The number of benzene rings is 2. The number of nitrogens with one attached hydrogen (secondary N) is 1. The summed E-state index contributed by atoms with van der Waals surface area (Å²) in [6, 6.07) is 21.7. The Morgan fingerprint density at radius 1 is 1.00 bits per heavy atom. The van der Waals surface area contributed by atoms with Crippen molar-refractivity contribution in [2.75, 3.05) is 5.32 Å². The molecule has 0 aliphatic heterocycles. The van der Waals surface area contributed by atoms with Crippen molar-refractivity contribution >= 4 is 22.4 Å². The van der Waals surface area contributed by atoms with E-state index in [0.29, 0.717) is 22.8 Å². The lowest BCUT2D eigenvalue weighted by Crippen LogP contribution is -2.12. The van der Waals surface area contributed by atoms with Crippen LogP contribution in [0.3, 0.4) is 0 Å². The molecule has 5 rings (SSSR count). The van der Waals surface area contributed by atoms with Gasteiger partial charge in [-0.2, -0.15) is 5.10 Å². The quantitative estimate of drug-likeness (QED) is 0.395. The van der Waals surface area contributed by atoms with E-state index in [-0.39, 0.29) is 5.91 Å². The summed E-state index contributed by atoms with van der Waals surface area (Å²) in [5.74, 6) is -0.297. The first-order valence-electron chi connectivity index (χ1n) is 10.4. The molecule has 0 aliphatic rings. The average Bonchev–Trinajstić information content (AvgIpc) is 3.49. The number of para-hydroxylation sites is 1. The molecule has 2 aromatic carbocycles. The summed E-state index contributed by atoms with van der Waals surface area (Å²) >= 11 is 1.37. The third kappa shape index (κ3) is 4.70. The van der Waals surface area contributed by atoms with Gasteiger partial charge in [0.1, 0.15) is 10.7 Å². The van der Waals surface area contributed by atoms with Crippen molar-refractivity contribution in [3.8, 4) is 16.9 Å². The summed E-state index contributed by atoms with van der Waals surface area (Å²) in [5, 5.41) is 17.2. The van der Waals surface area contributed by atoms with Gasteiger partial charge in [-0.25, -0.2) is 4.68 Å². The SMILES string of the molecule is Cc1ccc(Cc2nnc(NC(=O)c3cn(-c4ccccc4)nc3-c3cccnc3)s2)cc1. The van der Waals surface area contributed by atoms with Crippen molar-refractivity contribution in [1.29, 1.82) is 0 Å². The summed E-state index contributed by atoms with van der Waals surface area (Å²) < 4.78 is 1.69. The highest BCUT2D eigenvalue weighted by Gasteiger charge is 2.20. The van der Waals surface area contributed by atoms with E-state index in [4.69, 9.17) is 0 Å². The van der Waals surface area contributed by atoms with E-state index in [1.54, 1.807) is 23.3 Å².